The Morgan fingerprint density at radius 1 is 1.12 bits per heavy atom. The Balaban J connectivity index is 1.89. The van der Waals surface area contributed by atoms with Crippen molar-refractivity contribution in [2.24, 2.45) is 0 Å². The highest BCUT2D eigenvalue weighted by atomic mass is 35.5. The van der Waals surface area contributed by atoms with Crippen LogP contribution in [-0.4, -0.2) is 24.9 Å². The van der Waals surface area contributed by atoms with E-state index in [9.17, 15) is 22.4 Å². The van der Waals surface area contributed by atoms with Gasteiger partial charge in [0.05, 0.1) is 6.61 Å². The monoisotopic (exact) mass is 389 g/mol. The minimum absolute atomic E-state index is 0.289. The lowest BCUT2D eigenvalue weighted by Crippen LogP contribution is -2.32. The normalized spacial score (nSPS) is 11.6. The quantitative estimate of drug-likeness (QED) is 0.665. The summed E-state index contributed by atoms with van der Waals surface area (Å²) in [5.41, 5.74) is 1.59. The molecule has 0 aromatic heterocycles. The standard InChI is InChI=1S/C18H16ClF4NO2/c19-15-6-4-12(5-7-15)9-24-16(25)14-3-1-2-13(8-14)10-26-11-18(22,23)17(20)21/h1-8,17H,9-11H2,(H,24,25). The lowest BCUT2D eigenvalue weighted by atomic mass is 10.1. The van der Waals surface area contributed by atoms with E-state index < -0.39 is 19.0 Å². The van der Waals surface area contributed by atoms with Gasteiger partial charge in [0.2, 0.25) is 0 Å². The predicted molar refractivity (Wildman–Crippen MR) is 89.7 cm³/mol. The van der Waals surface area contributed by atoms with Gasteiger partial charge < -0.3 is 10.1 Å². The van der Waals surface area contributed by atoms with E-state index in [1.54, 1.807) is 42.5 Å². The zero-order valence-electron chi connectivity index (χ0n) is 13.5. The molecule has 8 heteroatoms. The number of ether oxygens (including phenoxy) is 1. The van der Waals surface area contributed by atoms with Gasteiger partial charge in [-0.1, -0.05) is 35.9 Å². The predicted octanol–water partition coefficient (Wildman–Crippen LogP) is 4.69. The van der Waals surface area contributed by atoms with Crippen LogP contribution in [0.15, 0.2) is 48.5 Å². The average molecular weight is 390 g/mol. The molecule has 0 saturated heterocycles. The maximum Gasteiger partial charge on any atom is 0.330 e. The molecule has 0 saturated carbocycles. The summed E-state index contributed by atoms with van der Waals surface area (Å²) in [5, 5.41) is 3.30. The van der Waals surface area contributed by atoms with Crippen LogP contribution in [0.3, 0.4) is 0 Å². The van der Waals surface area contributed by atoms with Crippen LogP contribution >= 0.6 is 11.6 Å². The van der Waals surface area contributed by atoms with E-state index in [1.807, 2.05) is 0 Å². The van der Waals surface area contributed by atoms with Gasteiger partial charge in [-0.15, -0.1) is 0 Å². The van der Waals surface area contributed by atoms with Crippen LogP contribution in [0.2, 0.25) is 5.02 Å². The Hall–Kier alpha value is -2.12. The minimum atomic E-state index is -4.20. The molecule has 0 aliphatic heterocycles. The number of rotatable bonds is 8. The smallest absolute Gasteiger partial charge is 0.330 e. The third-order valence-electron chi connectivity index (χ3n) is 3.44. The van der Waals surface area contributed by atoms with Gasteiger partial charge in [0.15, 0.2) is 0 Å². The summed E-state index contributed by atoms with van der Waals surface area (Å²) in [7, 11) is 0. The number of halogens is 5. The largest absolute Gasteiger partial charge is 0.370 e. The number of alkyl halides is 4. The van der Waals surface area contributed by atoms with E-state index in [4.69, 9.17) is 11.6 Å². The van der Waals surface area contributed by atoms with E-state index in [0.29, 0.717) is 16.1 Å². The molecule has 2 rings (SSSR count). The Kier molecular flexibility index (Phi) is 6.99. The number of hydrogen-bond acceptors (Lipinski definition) is 2. The molecule has 2 aromatic rings. The van der Waals surface area contributed by atoms with Crippen molar-refractivity contribution in [3.8, 4) is 0 Å². The molecule has 0 radical (unpaired) electrons. The number of benzene rings is 2. The number of carbonyl (C=O) groups is 1. The lowest BCUT2D eigenvalue weighted by Gasteiger charge is -2.15. The molecule has 1 amide bonds. The van der Waals surface area contributed by atoms with Crippen molar-refractivity contribution >= 4 is 17.5 Å². The Morgan fingerprint density at radius 2 is 1.81 bits per heavy atom. The molecular formula is C18H16ClF4NO2. The molecule has 2 aromatic carbocycles. The van der Waals surface area contributed by atoms with Gasteiger partial charge in [-0.3, -0.25) is 4.79 Å². The molecule has 1 N–H and O–H groups in total. The zero-order valence-corrected chi connectivity index (χ0v) is 14.3. The number of hydrogen-bond donors (Lipinski definition) is 1. The first-order chi connectivity index (χ1) is 12.3. The van der Waals surface area contributed by atoms with Gasteiger partial charge in [-0.05, 0) is 35.4 Å². The molecule has 0 atom stereocenters. The number of nitrogens with one attached hydrogen (secondary N) is 1. The fourth-order valence-corrected chi connectivity index (χ4v) is 2.18. The number of carbonyl (C=O) groups excluding carboxylic acids is 1. The van der Waals surface area contributed by atoms with Crippen LogP contribution < -0.4 is 5.32 Å². The van der Waals surface area contributed by atoms with E-state index in [1.165, 1.54) is 6.07 Å². The van der Waals surface area contributed by atoms with Gasteiger partial charge in [0.1, 0.15) is 6.61 Å². The molecule has 0 aliphatic rings. The van der Waals surface area contributed by atoms with E-state index in [0.717, 1.165) is 5.56 Å². The lowest BCUT2D eigenvalue weighted by molar-refractivity contribution is -0.168. The summed E-state index contributed by atoms with van der Waals surface area (Å²) in [4.78, 5) is 12.2. The van der Waals surface area contributed by atoms with Crippen molar-refractivity contribution in [2.75, 3.05) is 6.61 Å². The van der Waals surface area contributed by atoms with Crippen LogP contribution in [0, 0.1) is 0 Å². The maximum atomic E-state index is 12.8. The average Bonchev–Trinajstić information content (AvgIpc) is 2.61. The van der Waals surface area contributed by atoms with Crippen LogP contribution in [-0.2, 0) is 17.9 Å². The summed E-state index contributed by atoms with van der Waals surface area (Å²) >= 11 is 5.79. The van der Waals surface area contributed by atoms with Crippen LogP contribution in [0.5, 0.6) is 0 Å². The first kappa shape index (κ1) is 20.2. The van der Waals surface area contributed by atoms with Crippen molar-refractivity contribution in [3.63, 3.8) is 0 Å². The second-order valence-electron chi connectivity index (χ2n) is 5.56. The van der Waals surface area contributed by atoms with Crippen LogP contribution in [0.4, 0.5) is 17.6 Å². The van der Waals surface area contributed by atoms with Crippen molar-refractivity contribution in [2.45, 2.75) is 25.5 Å². The molecule has 3 nitrogen and oxygen atoms in total. The maximum absolute atomic E-state index is 12.8. The topological polar surface area (TPSA) is 38.3 Å². The van der Waals surface area contributed by atoms with Crippen LogP contribution in [0.25, 0.3) is 0 Å². The van der Waals surface area contributed by atoms with Crippen molar-refractivity contribution in [1.82, 2.24) is 5.32 Å². The summed E-state index contributed by atoms with van der Waals surface area (Å²) in [5.74, 6) is -4.56. The van der Waals surface area contributed by atoms with Crippen molar-refractivity contribution in [1.29, 1.82) is 0 Å². The molecule has 0 bridgehead atoms. The van der Waals surface area contributed by atoms with Gasteiger partial charge in [0.25, 0.3) is 5.91 Å². The highest BCUT2D eigenvalue weighted by Gasteiger charge is 2.40. The molecule has 0 spiro atoms. The third kappa shape index (κ3) is 6.00. The Morgan fingerprint density at radius 3 is 2.46 bits per heavy atom. The van der Waals surface area contributed by atoms with E-state index in [2.05, 4.69) is 10.1 Å². The SMILES string of the molecule is O=C(NCc1ccc(Cl)cc1)c1cccc(COCC(F)(F)C(F)F)c1. The first-order valence-electron chi connectivity index (χ1n) is 7.63. The highest BCUT2D eigenvalue weighted by molar-refractivity contribution is 6.30. The van der Waals surface area contributed by atoms with Gasteiger partial charge in [0, 0.05) is 17.1 Å². The van der Waals surface area contributed by atoms with Gasteiger partial charge in [-0.25, -0.2) is 8.78 Å². The molecule has 0 fully saturated rings. The summed E-state index contributed by atoms with van der Waals surface area (Å²) in [6.45, 7) is -1.41. The fraction of sp³-hybridized carbons (Fsp3) is 0.278. The van der Waals surface area contributed by atoms with Crippen LogP contribution in [0.1, 0.15) is 21.5 Å². The summed E-state index contributed by atoms with van der Waals surface area (Å²) < 4.78 is 54.4. The van der Waals surface area contributed by atoms with E-state index in [-0.39, 0.29) is 19.1 Å². The molecular weight excluding hydrogens is 374 g/mol. The second-order valence-corrected chi connectivity index (χ2v) is 6.00. The minimum Gasteiger partial charge on any atom is -0.370 e. The molecule has 140 valence electrons. The Labute approximate surface area is 152 Å². The fourth-order valence-electron chi connectivity index (χ4n) is 2.06. The van der Waals surface area contributed by atoms with E-state index >= 15 is 0 Å². The zero-order chi connectivity index (χ0) is 19.2. The number of amides is 1. The van der Waals surface area contributed by atoms with Crippen molar-refractivity contribution in [3.05, 3.63) is 70.2 Å². The molecule has 26 heavy (non-hydrogen) atoms. The molecule has 0 heterocycles. The molecule has 0 unspecified atom stereocenters. The highest BCUT2D eigenvalue weighted by Crippen LogP contribution is 2.23. The summed E-state index contributed by atoms with van der Waals surface area (Å²) in [6, 6.07) is 13.1. The summed E-state index contributed by atoms with van der Waals surface area (Å²) in [6.07, 6.45) is -3.78. The second kappa shape index (κ2) is 9.00. The van der Waals surface area contributed by atoms with Gasteiger partial charge >= 0.3 is 12.3 Å². The first-order valence-corrected chi connectivity index (χ1v) is 8.01. The van der Waals surface area contributed by atoms with Gasteiger partial charge in [-0.2, -0.15) is 8.78 Å². The Bertz CT molecular complexity index is 738. The van der Waals surface area contributed by atoms with Crippen molar-refractivity contribution < 1.29 is 27.1 Å². The molecule has 0 aliphatic carbocycles. The third-order valence-corrected chi connectivity index (χ3v) is 3.69.